The SMILES string of the molecule is FC(F)(F)c1cccc(N2CCN(CCCOc3cccc4c3CCC4)CC2)c1. The lowest BCUT2D eigenvalue weighted by molar-refractivity contribution is -0.137. The number of anilines is 1. The molecule has 3 nitrogen and oxygen atoms in total. The van der Waals surface area contributed by atoms with Crippen LogP contribution >= 0.6 is 0 Å². The molecule has 2 aromatic rings. The summed E-state index contributed by atoms with van der Waals surface area (Å²) in [7, 11) is 0. The highest BCUT2D eigenvalue weighted by Gasteiger charge is 2.31. The van der Waals surface area contributed by atoms with Gasteiger partial charge in [-0.3, -0.25) is 4.90 Å². The summed E-state index contributed by atoms with van der Waals surface area (Å²) in [5, 5.41) is 0. The van der Waals surface area contributed by atoms with Crippen LogP contribution in [0.5, 0.6) is 5.75 Å². The number of hydrogen-bond donors (Lipinski definition) is 0. The Morgan fingerprint density at radius 3 is 2.52 bits per heavy atom. The van der Waals surface area contributed by atoms with E-state index in [0.29, 0.717) is 12.3 Å². The van der Waals surface area contributed by atoms with Gasteiger partial charge in [-0.1, -0.05) is 18.2 Å². The summed E-state index contributed by atoms with van der Waals surface area (Å²) in [5.74, 6) is 1.04. The molecule has 1 saturated heterocycles. The quantitative estimate of drug-likeness (QED) is 0.644. The summed E-state index contributed by atoms with van der Waals surface area (Å²) in [6, 6.07) is 12.0. The molecule has 2 aliphatic rings. The smallest absolute Gasteiger partial charge is 0.416 e. The lowest BCUT2D eigenvalue weighted by Crippen LogP contribution is -2.46. The van der Waals surface area contributed by atoms with Crippen LogP contribution in [0.15, 0.2) is 42.5 Å². The van der Waals surface area contributed by atoms with Gasteiger partial charge < -0.3 is 9.64 Å². The Morgan fingerprint density at radius 2 is 1.72 bits per heavy atom. The molecule has 0 unspecified atom stereocenters. The molecule has 4 rings (SSSR count). The Hall–Kier alpha value is -2.21. The van der Waals surface area contributed by atoms with Gasteiger partial charge in [0.25, 0.3) is 0 Å². The first-order chi connectivity index (χ1) is 14.0. The van der Waals surface area contributed by atoms with Crippen molar-refractivity contribution >= 4 is 5.69 Å². The molecule has 1 heterocycles. The third kappa shape index (κ3) is 4.86. The molecule has 6 heteroatoms. The Bertz CT molecular complexity index is 829. The molecule has 0 aromatic heterocycles. The largest absolute Gasteiger partial charge is 0.493 e. The number of alkyl halides is 3. The normalized spacial score (nSPS) is 17.4. The fourth-order valence-corrected chi connectivity index (χ4v) is 4.30. The first kappa shape index (κ1) is 20.1. The van der Waals surface area contributed by atoms with E-state index in [9.17, 15) is 13.2 Å². The molecule has 0 saturated carbocycles. The van der Waals surface area contributed by atoms with Crippen molar-refractivity contribution in [3.63, 3.8) is 0 Å². The highest BCUT2D eigenvalue weighted by atomic mass is 19.4. The zero-order valence-corrected chi connectivity index (χ0v) is 16.5. The molecule has 1 aliphatic carbocycles. The second-order valence-electron chi connectivity index (χ2n) is 7.83. The summed E-state index contributed by atoms with van der Waals surface area (Å²) in [6.07, 6.45) is 0.140. The fourth-order valence-electron chi connectivity index (χ4n) is 4.30. The Labute approximate surface area is 170 Å². The van der Waals surface area contributed by atoms with Crippen molar-refractivity contribution < 1.29 is 17.9 Å². The van der Waals surface area contributed by atoms with Crippen LogP contribution in [0.1, 0.15) is 29.5 Å². The highest BCUT2D eigenvalue weighted by Crippen LogP contribution is 2.32. The van der Waals surface area contributed by atoms with E-state index >= 15 is 0 Å². The third-order valence-corrected chi connectivity index (χ3v) is 5.89. The van der Waals surface area contributed by atoms with Crippen LogP contribution in [0.2, 0.25) is 0 Å². The van der Waals surface area contributed by atoms with Crippen LogP contribution in [-0.2, 0) is 19.0 Å². The maximum Gasteiger partial charge on any atom is 0.416 e. The Kier molecular flexibility index (Phi) is 5.99. The topological polar surface area (TPSA) is 15.7 Å². The number of aryl methyl sites for hydroxylation is 1. The van der Waals surface area contributed by atoms with Crippen molar-refractivity contribution in [2.45, 2.75) is 31.9 Å². The van der Waals surface area contributed by atoms with E-state index in [-0.39, 0.29) is 0 Å². The number of ether oxygens (including phenoxy) is 1. The van der Waals surface area contributed by atoms with E-state index in [1.54, 1.807) is 6.07 Å². The molecule has 0 bridgehead atoms. The number of nitrogens with zero attached hydrogens (tertiary/aromatic N) is 2. The van der Waals surface area contributed by atoms with Crippen LogP contribution < -0.4 is 9.64 Å². The van der Waals surface area contributed by atoms with Crippen LogP contribution in [-0.4, -0.2) is 44.2 Å². The minimum atomic E-state index is -4.29. The number of hydrogen-bond acceptors (Lipinski definition) is 3. The van der Waals surface area contributed by atoms with Crippen molar-refractivity contribution in [2.24, 2.45) is 0 Å². The molecule has 1 fully saturated rings. The van der Waals surface area contributed by atoms with E-state index in [2.05, 4.69) is 23.1 Å². The molecule has 2 aromatic carbocycles. The second kappa shape index (κ2) is 8.66. The average molecular weight is 404 g/mol. The molecular weight excluding hydrogens is 377 g/mol. The van der Waals surface area contributed by atoms with E-state index in [0.717, 1.165) is 63.8 Å². The number of piperazine rings is 1. The van der Waals surface area contributed by atoms with E-state index in [4.69, 9.17) is 4.74 Å². The highest BCUT2D eigenvalue weighted by molar-refractivity contribution is 5.49. The van der Waals surface area contributed by atoms with Gasteiger partial charge in [-0.05, 0) is 61.1 Å². The maximum absolute atomic E-state index is 12.9. The van der Waals surface area contributed by atoms with Gasteiger partial charge >= 0.3 is 6.18 Å². The molecule has 0 N–H and O–H groups in total. The number of fused-ring (bicyclic) bond motifs is 1. The Morgan fingerprint density at radius 1 is 0.931 bits per heavy atom. The van der Waals surface area contributed by atoms with Crippen molar-refractivity contribution in [1.82, 2.24) is 4.90 Å². The number of benzene rings is 2. The summed E-state index contributed by atoms with van der Waals surface area (Å²) < 4.78 is 44.8. The number of halogens is 3. The van der Waals surface area contributed by atoms with Gasteiger partial charge in [-0.15, -0.1) is 0 Å². The van der Waals surface area contributed by atoms with Crippen molar-refractivity contribution in [2.75, 3.05) is 44.2 Å². The van der Waals surface area contributed by atoms with Crippen molar-refractivity contribution in [3.8, 4) is 5.75 Å². The molecular formula is C23H27F3N2O. The zero-order chi connectivity index (χ0) is 20.3. The Balaban J connectivity index is 1.21. The predicted octanol–water partition coefficient (Wildman–Crippen LogP) is 4.79. The lowest BCUT2D eigenvalue weighted by Gasteiger charge is -2.36. The first-order valence-electron chi connectivity index (χ1n) is 10.4. The molecule has 156 valence electrons. The van der Waals surface area contributed by atoms with Crippen molar-refractivity contribution in [1.29, 1.82) is 0 Å². The standard InChI is InChI=1S/C23H27F3N2O/c24-23(25,26)19-7-3-8-20(17-19)28-14-12-27(13-15-28)11-4-16-29-22-10-2-6-18-5-1-9-21(18)22/h2-3,6-8,10,17H,1,4-5,9,11-16H2. The predicted molar refractivity (Wildman–Crippen MR) is 109 cm³/mol. The molecule has 0 spiro atoms. The van der Waals surface area contributed by atoms with Crippen LogP contribution in [0.25, 0.3) is 0 Å². The molecule has 0 atom stereocenters. The summed E-state index contributed by atoms with van der Waals surface area (Å²) in [5.41, 5.74) is 2.87. The molecule has 1 aliphatic heterocycles. The average Bonchev–Trinajstić information content (AvgIpc) is 3.21. The van der Waals surface area contributed by atoms with E-state index in [1.807, 2.05) is 4.90 Å². The molecule has 29 heavy (non-hydrogen) atoms. The van der Waals surface area contributed by atoms with Crippen molar-refractivity contribution in [3.05, 3.63) is 59.2 Å². The van der Waals surface area contributed by atoms with Gasteiger partial charge in [-0.2, -0.15) is 13.2 Å². The summed E-state index contributed by atoms with van der Waals surface area (Å²) in [4.78, 5) is 4.40. The van der Waals surface area contributed by atoms with E-state index < -0.39 is 11.7 Å². The van der Waals surface area contributed by atoms with Gasteiger partial charge in [0.05, 0.1) is 12.2 Å². The molecule has 0 amide bonds. The maximum atomic E-state index is 12.9. The van der Waals surface area contributed by atoms with Crippen LogP contribution in [0.3, 0.4) is 0 Å². The van der Waals surface area contributed by atoms with Crippen LogP contribution in [0, 0.1) is 0 Å². The van der Waals surface area contributed by atoms with Crippen LogP contribution in [0.4, 0.5) is 18.9 Å². The minimum absolute atomic E-state index is 0.582. The van der Waals surface area contributed by atoms with Gasteiger partial charge in [0.2, 0.25) is 0 Å². The zero-order valence-electron chi connectivity index (χ0n) is 16.5. The third-order valence-electron chi connectivity index (χ3n) is 5.89. The summed E-state index contributed by atoms with van der Waals surface area (Å²) >= 11 is 0. The van der Waals surface area contributed by atoms with Gasteiger partial charge in [0.1, 0.15) is 5.75 Å². The second-order valence-corrected chi connectivity index (χ2v) is 7.83. The molecule has 0 radical (unpaired) electrons. The van der Waals surface area contributed by atoms with Gasteiger partial charge in [-0.25, -0.2) is 0 Å². The lowest BCUT2D eigenvalue weighted by atomic mass is 10.1. The summed E-state index contributed by atoms with van der Waals surface area (Å²) in [6.45, 7) is 4.85. The first-order valence-corrected chi connectivity index (χ1v) is 10.4. The van der Waals surface area contributed by atoms with Gasteiger partial charge in [0, 0.05) is 38.4 Å². The fraction of sp³-hybridized carbons (Fsp3) is 0.478. The minimum Gasteiger partial charge on any atom is -0.493 e. The van der Waals surface area contributed by atoms with E-state index in [1.165, 1.54) is 29.7 Å². The van der Waals surface area contributed by atoms with Gasteiger partial charge in [0.15, 0.2) is 0 Å². The number of rotatable bonds is 6. The monoisotopic (exact) mass is 404 g/mol.